The van der Waals surface area contributed by atoms with Gasteiger partial charge in [-0.2, -0.15) is 0 Å². The summed E-state index contributed by atoms with van der Waals surface area (Å²) in [5.74, 6) is -0.713. The molecule has 2 rings (SSSR count). The summed E-state index contributed by atoms with van der Waals surface area (Å²) in [4.78, 5) is 24.1. The molecule has 0 bridgehead atoms. The van der Waals surface area contributed by atoms with Crippen molar-refractivity contribution in [3.63, 3.8) is 0 Å². The topological polar surface area (TPSA) is 58.2 Å². The molecule has 0 fully saturated rings. The van der Waals surface area contributed by atoms with E-state index in [-0.39, 0.29) is 23.4 Å². The van der Waals surface area contributed by atoms with E-state index in [0.29, 0.717) is 16.4 Å². The third-order valence-corrected chi connectivity index (χ3v) is 5.04. The van der Waals surface area contributed by atoms with E-state index < -0.39 is 5.25 Å². The Balaban J connectivity index is 1.83. The summed E-state index contributed by atoms with van der Waals surface area (Å²) in [5.41, 5.74) is 1.96. The van der Waals surface area contributed by atoms with E-state index in [9.17, 15) is 14.0 Å². The third kappa shape index (κ3) is 5.76. The van der Waals surface area contributed by atoms with Crippen LogP contribution in [-0.4, -0.2) is 22.8 Å². The standard InChI is InChI=1S/C18H18ClFN2O2S/c1-11-15(19)4-3-5-16(11)22-18(24)12(2)25-10-17(23)21-14-8-6-13(20)7-9-14/h3-9,12H,10H2,1-2H3,(H,21,23)(H,22,24)/t12-/m0/s1. The molecule has 25 heavy (non-hydrogen) atoms. The highest BCUT2D eigenvalue weighted by molar-refractivity contribution is 8.01. The number of amides is 2. The molecule has 0 unspecified atom stereocenters. The number of halogens is 2. The number of hydrogen-bond acceptors (Lipinski definition) is 3. The molecule has 0 radical (unpaired) electrons. The summed E-state index contributed by atoms with van der Waals surface area (Å²) in [6, 6.07) is 10.8. The lowest BCUT2D eigenvalue weighted by molar-refractivity contribution is -0.115. The normalized spacial score (nSPS) is 11.7. The molecule has 2 aromatic carbocycles. The van der Waals surface area contributed by atoms with E-state index in [2.05, 4.69) is 10.6 Å². The van der Waals surface area contributed by atoms with Crippen molar-refractivity contribution >= 4 is 46.6 Å². The molecular weight excluding hydrogens is 363 g/mol. The third-order valence-electron chi connectivity index (χ3n) is 3.49. The predicted octanol–water partition coefficient (Wildman–Crippen LogP) is 4.49. The molecule has 2 aromatic rings. The maximum absolute atomic E-state index is 12.8. The molecule has 7 heteroatoms. The van der Waals surface area contributed by atoms with Gasteiger partial charge in [0.15, 0.2) is 0 Å². The van der Waals surface area contributed by atoms with Crippen LogP contribution in [0.15, 0.2) is 42.5 Å². The molecule has 1 atom stereocenters. The van der Waals surface area contributed by atoms with Gasteiger partial charge in [-0.1, -0.05) is 17.7 Å². The van der Waals surface area contributed by atoms with E-state index in [1.165, 1.54) is 36.0 Å². The number of nitrogens with one attached hydrogen (secondary N) is 2. The number of anilines is 2. The van der Waals surface area contributed by atoms with Crippen molar-refractivity contribution in [3.8, 4) is 0 Å². The second-order valence-corrected chi connectivity index (χ2v) is 7.15. The second-order valence-electron chi connectivity index (χ2n) is 5.41. The van der Waals surface area contributed by atoms with Gasteiger partial charge in [-0.05, 0) is 55.8 Å². The highest BCUT2D eigenvalue weighted by Gasteiger charge is 2.16. The molecule has 0 spiro atoms. The zero-order chi connectivity index (χ0) is 18.4. The van der Waals surface area contributed by atoms with Crippen LogP contribution in [0.3, 0.4) is 0 Å². The maximum atomic E-state index is 12.8. The molecule has 2 N–H and O–H groups in total. The van der Waals surface area contributed by atoms with Crippen molar-refractivity contribution in [3.05, 3.63) is 58.9 Å². The van der Waals surface area contributed by atoms with E-state index in [4.69, 9.17) is 11.6 Å². The summed E-state index contributed by atoms with van der Waals surface area (Å²) >= 11 is 7.25. The number of carbonyl (C=O) groups is 2. The first-order chi connectivity index (χ1) is 11.9. The van der Waals surface area contributed by atoms with Gasteiger partial charge in [0.05, 0.1) is 11.0 Å². The maximum Gasteiger partial charge on any atom is 0.237 e. The number of hydrogen-bond donors (Lipinski definition) is 2. The van der Waals surface area contributed by atoms with Gasteiger partial charge in [-0.25, -0.2) is 4.39 Å². The van der Waals surface area contributed by atoms with Crippen LogP contribution in [0.2, 0.25) is 5.02 Å². The van der Waals surface area contributed by atoms with Gasteiger partial charge < -0.3 is 10.6 Å². The Morgan fingerprint density at radius 3 is 2.52 bits per heavy atom. The van der Waals surface area contributed by atoms with Gasteiger partial charge in [0.2, 0.25) is 11.8 Å². The van der Waals surface area contributed by atoms with Crippen molar-refractivity contribution in [2.45, 2.75) is 19.1 Å². The fraction of sp³-hybridized carbons (Fsp3) is 0.222. The Hall–Kier alpha value is -2.05. The lowest BCUT2D eigenvalue weighted by atomic mass is 10.2. The van der Waals surface area contributed by atoms with Crippen molar-refractivity contribution in [2.24, 2.45) is 0 Å². The van der Waals surface area contributed by atoms with E-state index in [1.807, 2.05) is 6.92 Å². The number of rotatable bonds is 6. The number of carbonyl (C=O) groups excluding carboxylic acids is 2. The quantitative estimate of drug-likeness (QED) is 0.776. The lowest BCUT2D eigenvalue weighted by Gasteiger charge is -2.14. The van der Waals surface area contributed by atoms with Gasteiger partial charge in [0, 0.05) is 16.4 Å². The Kier molecular flexibility index (Phi) is 6.84. The molecule has 0 saturated heterocycles. The summed E-state index contributed by atoms with van der Waals surface area (Å²) in [6.45, 7) is 3.55. The van der Waals surface area contributed by atoms with E-state index in [0.717, 1.165) is 5.56 Å². The van der Waals surface area contributed by atoms with Crippen LogP contribution in [0.1, 0.15) is 12.5 Å². The van der Waals surface area contributed by atoms with Crippen molar-refractivity contribution < 1.29 is 14.0 Å². The molecule has 0 aromatic heterocycles. The fourth-order valence-electron chi connectivity index (χ4n) is 1.98. The van der Waals surface area contributed by atoms with Crippen LogP contribution in [0.25, 0.3) is 0 Å². The lowest BCUT2D eigenvalue weighted by Crippen LogP contribution is -2.25. The van der Waals surface area contributed by atoms with Crippen LogP contribution in [0.5, 0.6) is 0 Å². The van der Waals surface area contributed by atoms with Crippen molar-refractivity contribution in [1.82, 2.24) is 0 Å². The fourth-order valence-corrected chi connectivity index (χ4v) is 2.84. The largest absolute Gasteiger partial charge is 0.325 e. The van der Waals surface area contributed by atoms with E-state index >= 15 is 0 Å². The van der Waals surface area contributed by atoms with Crippen molar-refractivity contribution in [2.75, 3.05) is 16.4 Å². The minimum Gasteiger partial charge on any atom is -0.325 e. The first-order valence-corrected chi connectivity index (χ1v) is 9.02. The van der Waals surface area contributed by atoms with Crippen LogP contribution >= 0.6 is 23.4 Å². The Morgan fingerprint density at radius 1 is 1.16 bits per heavy atom. The molecule has 4 nitrogen and oxygen atoms in total. The smallest absolute Gasteiger partial charge is 0.237 e. The van der Waals surface area contributed by atoms with Crippen LogP contribution in [0, 0.1) is 12.7 Å². The number of benzene rings is 2. The van der Waals surface area contributed by atoms with Crippen LogP contribution in [0.4, 0.5) is 15.8 Å². The molecule has 0 saturated carbocycles. The summed E-state index contributed by atoms with van der Waals surface area (Å²) < 4.78 is 12.8. The molecular formula is C18H18ClFN2O2S. The zero-order valence-electron chi connectivity index (χ0n) is 13.8. The Bertz CT molecular complexity index is 768. The van der Waals surface area contributed by atoms with Crippen LogP contribution < -0.4 is 10.6 Å². The van der Waals surface area contributed by atoms with Crippen LogP contribution in [-0.2, 0) is 9.59 Å². The number of thioether (sulfide) groups is 1. The molecule has 0 aliphatic heterocycles. The summed E-state index contributed by atoms with van der Waals surface area (Å²) in [6.07, 6.45) is 0. The minimum absolute atomic E-state index is 0.112. The molecule has 2 amide bonds. The summed E-state index contributed by atoms with van der Waals surface area (Å²) in [5, 5.41) is 5.63. The zero-order valence-corrected chi connectivity index (χ0v) is 15.4. The summed E-state index contributed by atoms with van der Waals surface area (Å²) in [7, 11) is 0. The van der Waals surface area contributed by atoms with Gasteiger partial charge in [-0.3, -0.25) is 9.59 Å². The Labute approximate surface area is 155 Å². The Morgan fingerprint density at radius 2 is 1.84 bits per heavy atom. The second kappa shape index (κ2) is 8.87. The first kappa shape index (κ1) is 19.3. The van der Waals surface area contributed by atoms with Gasteiger partial charge in [0.1, 0.15) is 5.82 Å². The SMILES string of the molecule is Cc1c(Cl)cccc1NC(=O)[C@H](C)SCC(=O)Nc1ccc(F)cc1. The molecule has 0 heterocycles. The van der Waals surface area contributed by atoms with Gasteiger partial charge in [0.25, 0.3) is 0 Å². The van der Waals surface area contributed by atoms with E-state index in [1.54, 1.807) is 25.1 Å². The van der Waals surface area contributed by atoms with Gasteiger partial charge in [-0.15, -0.1) is 11.8 Å². The molecule has 132 valence electrons. The highest BCUT2D eigenvalue weighted by atomic mass is 35.5. The highest BCUT2D eigenvalue weighted by Crippen LogP contribution is 2.24. The molecule has 0 aliphatic carbocycles. The average molecular weight is 381 g/mol. The molecule has 0 aliphatic rings. The monoisotopic (exact) mass is 380 g/mol. The predicted molar refractivity (Wildman–Crippen MR) is 102 cm³/mol. The minimum atomic E-state index is -0.419. The van der Waals surface area contributed by atoms with Crippen molar-refractivity contribution in [1.29, 1.82) is 0 Å². The van der Waals surface area contributed by atoms with Gasteiger partial charge >= 0.3 is 0 Å². The first-order valence-electron chi connectivity index (χ1n) is 7.60. The average Bonchev–Trinajstić information content (AvgIpc) is 2.58.